The number of alkyl halides is 3. The smallest absolute Gasteiger partial charge is 0.446 e. The monoisotopic (exact) mass is 407 g/mol. The number of carboxylic acids is 1. The maximum Gasteiger partial charge on any atom is 0.446 e. The van der Waals surface area contributed by atoms with Gasteiger partial charge in [-0.25, -0.2) is 0 Å². The summed E-state index contributed by atoms with van der Waals surface area (Å²) in [6, 6.07) is 4.96. The highest BCUT2D eigenvalue weighted by atomic mass is 32.3. The molecule has 0 bridgehead atoms. The molecule has 0 saturated carbocycles. The highest BCUT2D eigenvalue weighted by molar-refractivity contribution is 7.81. The van der Waals surface area contributed by atoms with Gasteiger partial charge < -0.3 is 14.2 Å². The minimum absolute atomic E-state index is 0.199. The van der Waals surface area contributed by atoms with Gasteiger partial charge in [-0.1, -0.05) is 12.1 Å². The number of hydrogen-bond donors (Lipinski definition) is 2. The fourth-order valence-corrected chi connectivity index (χ4v) is 2.85. The molecular weight excluding hydrogens is 395 g/mol. The van der Waals surface area contributed by atoms with Crippen molar-refractivity contribution in [3.63, 3.8) is 0 Å². The van der Waals surface area contributed by atoms with E-state index >= 15 is 0 Å². The summed E-state index contributed by atoms with van der Waals surface area (Å²) in [4.78, 5) is 23.9. The number of hydrogen-bond acceptors (Lipinski definition) is 5. The van der Waals surface area contributed by atoms with Crippen molar-refractivity contribution in [3.05, 3.63) is 41.5 Å². The second-order valence-corrected chi connectivity index (χ2v) is 6.43. The molecule has 0 heterocycles. The summed E-state index contributed by atoms with van der Waals surface area (Å²) < 4.78 is 74.8. The van der Waals surface area contributed by atoms with Gasteiger partial charge in [-0.05, 0) is 29.0 Å². The first-order chi connectivity index (χ1) is 12.3. The van der Waals surface area contributed by atoms with E-state index in [4.69, 9.17) is 9.66 Å². The van der Waals surface area contributed by atoms with Gasteiger partial charge in [0.25, 0.3) is 5.91 Å². The number of rotatable bonds is 5. The molecule has 27 heavy (non-hydrogen) atoms. The van der Waals surface area contributed by atoms with E-state index in [1.807, 2.05) is 0 Å². The van der Waals surface area contributed by atoms with Crippen LogP contribution in [0.1, 0.15) is 15.9 Å². The van der Waals surface area contributed by atoms with Crippen LogP contribution in [0.25, 0.3) is 10.8 Å². The molecule has 0 unspecified atom stereocenters. The number of carbonyl (C=O) groups is 2. The van der Waals surface area contributed by atoms with E-state index in [0.717, 1.165) is 30.1 Å². The van der Waals surface area contributed by atoms with Gasteiger partial charge in [0.2, 0.25) is 0 Å². The quantitative estimate of drug-likeness (QED) is 0.729. The molecule has 1 amide bonds. The largest absolute Gasteiger partial charge is 0.480 e. The molecule has 0 aromatic heterocycles. The van der Waals surface area contributed by atoms with Crippen LogP contribution in [-0.2, 0) is 21.4 Å². The van der Waals surface area contributed by atoms with Crippen LogP contribution in [-0.4, -0.2) is 48.4 Å². The van der Waals surface area contributed by atoms with Crippen molar-refractivity contribution in [2.75, 3.05) is 13.6 Å². The number of carbonyl (C=O) groups excluding carboxylic acids is 1. The van der Waals surface area contributed by atoms with Crippen molar-refractivity contribution in [3.8, 4) is 5.75 Å². The SMILES string of the molecule is CN(CC(=O)O)C(=O)c1cccc2c(C(F)(F)F)c(OS(=O)(=O)O)ccc12. The Bertz CT molecular complexity index is 1020. The number of benzene rings is 2. The summed E-state index contributed by atoms with van der Waals surface area (Å²) >= 11 is 0. The second-order valence-electron chi connectivity index (χ2n) is 5.40. The zero-order valence-corrected chi connectivity index (χ0v) is 14.3. The lowest BCUT2D eigenvalue weighted by atomic mass is 9.98. The van der Waals surface area contributed by atoms with Crippen molar-refractivity contribution in [1.82, 2.24) is 4.90 Å². The van der Waals surface area contributed by atoms with Crippen LogP contribution in [0.15, 0.2) is 30.3 Å². The van der Waals surface area contributed by atoms with Crippen LogP contribution >= 0.6 is 0 Å². The summed E-state index contributed by atoms with van der Waals surface area (Å²) in [6.45, 7) is -0.675. The number of halogens is 3. The number of aliphatic carboxylic acids is 1. The van der Waals surface area contributed by atoms with E-state index in [1.165, 1.54) is 6.07 Å². The summed E-state index contributed by atoms with van der Waals surface area (Å²) in [5, 5.41) is 7.99. The third-order valence-electron chi connectivity index (χ3n) is 3.45. The van der Waals surface area contributed by atoms with Gasteiger partial charge in [0.1, 0.15) is 12.1 Å². The van der Waals surface area contributed by atoms with Gasteiger partial charge in [-0.15, -0.1) is 0 Å². The van der Waals surface area contributed by atoms with E-state index < -0.39 is 51.7 Å². The predicted octanol–water partition coefficient (Wildman–Crippen LogP) is 2.20. The zero-order valence-electron chi connectivity index (χ0n) is 13.5. The number of carboxylic acid groups (broad SMARTS) is 1. The minimum Gasteiger partial charge on any atom is -0.480 e. The van der Waals surface area contributed by atoms with Crippen LogP contribution in [0.3, 0.4) is 0 Å². The Morgan fingerprint density at radius 3 is 2.30 bits per heavy atom. The van der Waals surface area contributed by atoms with E-state index in [9.17, 15) is 31.2 Å². The molecule has 0 atom stereocenters. The van der Waals surface area contributed by atoms with Crippen molar-refractivity contribution in [1.29, 1.82) is 0 Å². The number of fused-ring (bicyclic) bond motifs is 1. The van der Waals surface area contributed by atoms with Crippen molar-refractivity contribution in [2.24, 2.45) is 0 Å². The highest BCUT2D eigenvalue weighted by Crippen LogP contribution is 2.42. The lowest BCUT2D eigenvalue weighted by molar-refractivity contribution is -0.138. The third kappa shape index (κ3) is 4.65. The molecule has 12 heteroatoms. The molecule has 146 valence electrons. The van der Waals surface area contributed by atoms with E-state index in [-0.39, 0.29) is 10.9 Å². The maximum absolute atomic E-state index is 13.5. The Kier molecular flexibility index (Phi) is 5.33. The van der Waals surface area contributed by atoms with E-state index in [2.05, 4.69) is 4.18 Å². The van der Waals surface area contributed by atoms with Gasteiger partial charge in [-0.3, -0.25) is 14.1 Å². The lowest BCUT2D eigenvalue weighted by Crippen LogP contribution is -2.32. The summed E-state index contributed by atoms with van der Waals surface area (Å²) in [7, 11) is -4.06. The molecule has 0 radical (unpaired) electrons. The van der Waals surface area contributed by atoms with E-state index in [1.54, 1.807) is 0 Å². The van der Waals surface area contributed by atoms with Gasteiger partial charge in [0.05, 0.1) is 0 Å². The predicted molar refractivity (Wildman–Crippen MR) is 85.7 cm³/mol. The minimum atomic E-state index is -5.22. The highest BCUT2D eigenvalue weighted by Gasteiger charge is 2.38. The molecule has 0 aliphatic carbocycles. The Labute approximate surface area is 150 Å². The van der Waals surface area contributed by atoms with Crippen molar-refractivity contribution >= 4 is 33.0 Å². The van der Waals surface area contributed by atoms with Crippen LogP contribution in [0.5, 0.6) is 5.75 Å². The first-order valence-electron chi connectivity index (χ1n) is 7.08. The Morgan fingerprint density at radius 1 is 1.15 bits per heavy atom. The molecule has 0 aliphatic rings. The van der Waals surface area contributed by atoms with Gasteiger partial charge >= 0.3 is 22.5 Å². The maximum atomic E-state index is 13.5. The molecule has 0 aliphatic heterocycles. The van der Waals surface area contributed by atoms with Gasteiger partial charge in [0.15, 0.2) is 5.75 Å². The molecule has 0 spiro atoms. The first-order valence-corrected chi connectivity index (χ1v) is 8.45. The summed E-state index contributed by atoms with van der Waals surface area (Å²) in [5.41, 5.74) is -1.73. The van der Waals surface area contributed by atoms with Crippen LogP contribution in [0.2, 0.25) is 0 Å². The molecule has 2 aromatic carbocycles. The van der Waals surface area contributed by atoms with Crippen LogP contribution in [0.4, 0.5) is 13.2 Å². The molecule has 2 N–H and O–H groups in total. The van der Waals surface area contributed by atoms with E-state index in [0.29, 0.717) is 6.07 Å². The number of likely N-dealkylation sites (N-methyl/N-ethyl adjacent to an activating group) is 1. The average Bonchev–Trinajstić information content (AvgIpc) is 2.49. The zero-order chi connectivity index (χ0) is 20.6. The Morgan fingerprint density at radius 2 is 1.78 bits per heavy atom. The average molecular weight is 407 g/mol. The van der Waals surface area contributed by atoms with Gasteiger partial charge in [-0.2, -0.15) is 21.6 Å². The summed E-state index contributed by atoms with van der Waals surface area (Å²) in [5.74, 6) is -3.33. The van der Waals surface area contributed by atoms with Crippen molar-refractivity contribution < 1.29 is 45.0 Å². The standard InChI is InChI=1S/C15H12F3NO7S/c1-19(7-12(20)21)14(22)10-4-2-3-9-8(10)5-6-11(26-27(23,24)25)13(9)15(16,17)18/h2-6H,7H2,1H3,(H,20,21)(H,23,24,25). The molecule has 2 aromatic rings. The Balaban J connectivity index is 2.73. The molecular formula is C15H12F3NO7S. The molecule has 0 saturated heterocycles. The molecule has 8 nitrogen and oxygen atoms in total. The van der Waals surface area contributed by atoms with Crippen LogP contribution in [0, 0.1) is 0 Å². The molecule has 0 fully saturated rings. The fourth-order valence-electron chi connectivity index (χ4n) is 2.48. The summed E-state index contributed by atoms with van der Waals surface area (Å²) in [6.07, 6.45) is -5.08. The lowest BCUT2D eigenvalue weighted by Gasteiger charge is -2.18. The number of nitrogens with zero attached hydrogens (tertiary/aromatic N) is 1. The van der Waals surface area contributed by atoms with Crippen LogP contribution < -0.4 is 4.18 Å². The fraction of sp³-hybridized carbons (Fsp3) is 0.200. The Hall–Kier alpha value is -2.86. The second kappa shape index (κ2) is 7.04. The molecule has 2 rings (SSSR count). The topological polar surface area (TPSA) is 121 Å². The number of amides is 1. The third-order valence-corrected chi connectivity index (χ3v) is 3.84. The normalized spacial score (nSPS) is 12.0. The van der Waals surface area contributed by atoms with Gasteiger partial charge in [0, 0.05) is 12.6 Å². The van der Waals surface area contributed by atoms with Crippen molar-refractivity contribution in [2.45, 2.75) is 6.18 Å². The first kappa shape index (κ1) is 20.5.